The molecule has 0 amide bonds. The smallest absolute Gasteiger partial charge is 0.103 e. The van der Waals surface area contributed by atoms with Crippen LogP contribution in [0.2, 0.25) is 0 Å². The van der Waals surface area contributed by atoms with Crippen molar-refractivity contribution in [2.75, 3.05) is 0 Å². The summed E-state index contributed by atoms with van der Waals surface area (Å²) in [4.78, 5) is 0. The van der Waals surface area contributed by atoms with E-state index in [0.29, 0.717) is 0 Å². The van der Waals surface area contributed by atoms with Crippen molar-refractivity contribution < 1.29 is 0 Å². The number of benzene rings is 1. The molecule has 17 heavy (non-hydrogen) atoms. The highest BCUT2D eigenvalue weighted by molar-refractivity contribution is 5.41. The standard InChI is InChI=1S/C15H15N2/c1-12(13-7-3-2-4-8-13)17-15(11-16)14-9-5-6-10-14/h2-10,12,15,17H,1H3/t12-,15?/m0/s1. The number of rotatable bonds is 4. The molecule has 2 atom stereocenters. The van der Waals surface area contributed by atoms with Gasteiger partial charge in [-0.25, -0.2) is 0 Å². The van der Waals surface area contributed by atoms with Gasteiger partial charge >= 0.3 is 0 Å². The fraction of sp³-hybridized carbons (Fsp3) is 0.200. The van der Waals surface area contributed by atoms with Crippen molar-refractivity contribution in [1.29, 1.82) is 5.26 Å². The minimum Gasteiger partial charge on any atom is -0.295 e. The molecule has 1 aliphatic rings. The van der Waals surface area contributed by atoms with Crippen molar-refractivity contribution in [2.24, 2.45) is 0 Å². The maximum absolute atomic E-state index is 9.18. The minimum atomic E-state index is -0.250. The molecule has 2 heteroatoms. The van der Waals surface area contributed by atoms with Crippen molar-refractivity contribution in [1.82, 2.24) is 5.32 Å². The molecule has 0 aliphatic heterocycles. The van der Waals surface area contributed by atoms with Gasteiger partial charge < -0.3 is 0 Å². The minimum absolute atomic E-state index is 0.163. The molecule has 0 spiro atoms. The molecule has 85 valence electrons. The molecule has 1 aliphatic carbocycles. The third kappa shape index (κ3) is 3.08. The van der Waals surface area contributed by atoms with Gasteiger partial charge in [0.15, 0.2) is 0 Å². The van der Waals surface area contributed by atoms with Crippen LogP contribution in [-0.4, -0.2) is 6.04 Å². The van der Waals surface area contributed by atoms with Gasteiger partial charge in [-0.05, 0) is 38.2 Å². The maximum atomic E-state index is 9.18. The first-order chi connectivity index (χ1) is 8.31. The molecule has 0 heterocycles. The molecule has 0 saturated heterocycles. The quantitative estimate of drug-likeness (QED) is 0.851. The predicted octanol–water partition coefficient (Wildman–Crippen LogP) is 2.63. The highest BCUT2D eigenvalue weighted by atomic mass is 15.0. The van der Waals surface area contributed by atoms with Gasteiger partial charge in [0.25, 0.3) is 0 Å². The van der Waals surface area contributed by atoms with E-state index in [9.17, 15) is 5.26 Å². The summed E-state index contributed by atoms with van der Waals surface area (Å²) in [7, 11) is 0. The van der Waals surface area contributed by atoms with Crippen LogP contribution >= 0.6 is 0 Å². The molecule has 1 unspecified atom stereocenters. The van der Waals surface area contributed by atoms with Gasteiger partial charge in [-0.15, -0.1) is 0 Å². The second-order valence-electron chi connectivity index (χ2n) is 4.08. The molecule has 2 rings (SSSR count). The average Bonchev–Trinajstić information content (AvgIpc) is 2.90. The van der Waals surface area contributed by atoms with Crippen LogP contribution in [0.15, 0.2) is 30.3 Å². The van der Waals surface area contributed by atoms with Crippen LogP contribution in [0.3, 0.4) is 0 Å². The van der Waals surface area contributed by atoms with Gasteiger partial charge in [0, 0.05) is 12.0 Å². The van der Waals surface area contributed by atoms with E-state index in [2.05, 4.69) is 30.4 Å². The van der Waals surface area contributed by atoms with E-state index in [1.807, 2.05) is 43.9 Å². The first-order valence-electron chi connectivity index (χ1n) is 5.73. The Hall–Kier alpha value is -1.33. The Kier molecular flexibility index (Phi) is 4.17. The number of hydrogen-bond donors (Lipinski definition) is 1. The van der Waals surface area contributed by atoms with Crippen molar-refractivity contribution in [3.8, 4) is 6.07 Å². The van der Waals surface area contributed by atoms with E-state index < -0.39 is 0 Å². The Morgan fingerprint density at radius 2 is 1.76 bits per heavy atom. The van der Waals surface area contributed by atoms with Crippen LogP contribution in [0, 0.1) is 42.9 Å². The van der Waals surface area contributed by atoms with Crippen LogP contribution in [-0.2, 0) is 0 Å². The lowest BCUT2D eigenvalue weighted by Gasteiger charge is -2.22. The number of nitriles is 1. The summed E-state index contributed by atoms with van der Waals surface area (Å²) < 4.78 is 0. The van der Waals surface area contributed by atoms with Crippen LogP contribution in [0.5, 0.6) is 0 Å². The lowest BCUT2D eigenvalue weighted by atomic mass is 9.97. The Labute approximate surface area is 104 Å². The maximum Gasteiger partial charge on any atom is 0.103 e. The Morgan fingerprint density at radius 1 is 1.12 bits per heavy atom. The zero-order valence-electron chi connectivity index (χ0n) is 9.80. The second-order valence-corrected chi connectivity index (χ2v) is 4.08. The summed E-state index contributed by atoms with van der Waals surface area (Å²) in [6.45, 7) is 2.07. The van der Waals surface area contributed by atoms with Crippen LogP contribution in [0.1, 0.15) is 18.5 Å². The zero-order valence-corrected chi connectivity index (χ0v) is 9.80. The molecule has 2 nitrogen and oxygen atoms in total. The van der Waals surface area contributed by atoms with Gasteiger partial charge in [-0.1, -0.05) is 30.3 Å². The molecular weight excluding hydrogens is 208 g/mol. The van der Waals surface area contributed by atoms with Gasteiger partial charge in [0.1, 0.15) is 6.04 Å². The Morgan fingerprint density at radius 3 is 2.35 bits per heavy atom. The molecule has 5 radical (unpaired) electrons. The lowest BCUT2D eigenvalue weighted by molar-refractivity contribution is 0.539. The first-order valence-corrected chi connectivity index (χ1v) is 5.73. The van der Waals surface area contributed by atoms with E-state index in [-0.39, 0.29) is 12.1 Å². The fourth-order valence-electron chi connectivity index (χ4n) is 1.88. The second kappa shape index (κ2) is 5.84. The van der Waals surface area contributed by atoms with E-state index in [0.717, 1.165) is 5.92 Å². The molecule has 0 aromatic heterocycles. The van der Waals surface area contributed by atoms with Crippen LogP contribution in [0.4, 0.5) is 0 Å². The highest BCUT2D eigenvalue weighted by Gasteiger charge is 2.27. The molecule has 1 aromatic carbocycles. The summed E-state index contributed by atoms with van der Waals surface area (Å²) >= 11 is 0. The number of nitrogens with zero attached hydrogens (tertiary/aromatic N) is 1. The van der Waals surface area contributed by atoms with Gasteiger partial charge in [-0.2, -0.15) is 5.26 Å². The summed E-state index contributed by atoms with van der Waals surface area (Å²) in [5, 5.41) is 12.5. The third-order valence-electron chi connectivity index (χ3n) is 2.87. The van der Waals surface area contributed by atoms with Crippen molar-refractivity contribution in [2.45, 2.75) is 19.0 Å². The van der Waals surface area contributed by atoms with E-state index in [4.69, 9.17) is 0 Å². The average molecular weight is 223 g/mol. The molecule has 1 saturated carbocycles. The first kappa shape index (κ1) is 12.1. The Bertz CT molecular complexity index is 374. The van der Waals surface area contributed by atoms with Crippen molar-refractivity contribution >= 4 is 0 Å². The van der Waals surface area contributed by atoms with Gasteiger partial charge in [0.2, 0.25) is 0 Å². The van der Waals surface area contributed by atoms with E-state index in [1.54, 1.807) is 0 Å². The molecule has 1 fully saturated rings. The summed E-state index contributed by atoms with van der Waals surface area (Å²) in [5.41, 5.74) is 1.19. The lowest BCUT2D eigenvalue weighted by Crippen LogP contribution is -2.35. The molecule has 1 N–H and O–H groups in total. The van der Waals surface area contributed by atoms with Crippen LogP contribution in [0.25, 0.3) is 0 Å². The fourth-order valence-corrected chi connectivity index (χ4v) is 1.88. The van der Waals surface area contributed by atoms with Crippen molar-refractivity contribution in [3.63, 3.8) is 0 Å². The highest BCUT2D eigenvalue weighted by Crippen LogP contribution is 2.27. The van der Waals surface area contributed by atoms with E-state index in [1.165, 1.54) is 5.56 Å². The normalized spacial score (nSPS) is 19.8. The summed E-state index contributed by atoms with van der Waals surface area (Å²) in [6.07, 6.45) is 7.85. The van der Waals surface area contributed by atoms with Crippen LogP contribution < -0.4 is 5.32 Å². The summed E-state index contributed by atoms with van der Waals surface area (Å²) in [6, 6.07) is 12.4. The largest absolute Gasteiger partial charge is 0.295 e. The molecule has 1 aromatic rings. The molecule has 0 bridgehead atoms. The zero-order chi connectivity index (χ0) is 12.1. The predicted molar refractivity (Wildman–Crippen MR) is 67.8 cm³/mol. The topological polar surface area (TPSA) is 35.8 Å². The molecular formula is C15H15N2. The van der Waals surface area contributed by atoms with E-state index >= 15 is 0 Å². The SMILES string of the molecule is C[C@H](NC(C#N)[C]1[CH][CH][CH][CH]1)c1ccccc1. The third-order valence-corrected chi connectivity index (χ3v) is 2.87. The number of nitrogens with one attached hydrogen (secondary N) is 1. The van der Waals surface area contributed by atoms with Gasteiger partial charge in [-0.3, -0.25) is 5.32 Å². The monoisotopic (exact) mass is 223 g/mol. The van der Waals surface area contributed by atoms with Crippen molar-refractivity contribution in [3.05, 3.63) is 67.5 Å². The Balaban J connectivity index is 1.97. The summed E-state index contributed by atoms with van der Waals surface area (Å²) in [5.74, 6) is 1.02. The van der Waals surface area contributed by atoms with Gasteiger partial charge in [0.05, 0.1) is 6.07 Å². The number of hydrogen-bond acceptors (Lipinski definition) is 2.